The van der Waals surface area contributed by atoms with E-state index in [1.807, 2.05) is 24.3 Å². The normalized spacial score (nSPS) is 10.4. The first-order valence-corrected chi connectivity index (χ1v) is 7.02. The summed E-state index contributed by atoms with van der Waals surface area (Å²) in [5, 5.41) is 8.99. The van der Waals surface area contributed by atoms with Crippen molar-refractivity contribution in [3.63, 3.8) is 0 Å². The average molecular weight is 280 g/mol. The molecule has 0 N–H and O–H groups in total. The van der Waals surface area contributed by atoms with Crippen molar-refractivity contribution in [2.75, 3.05) is 20.7 Å². The predicted octanol–water partition coefficient (Wildman–Crippen LogP) is 3.24. The van der Waals surface area contributed by atoms with Gasteiger partial charge in [0.15, 0.2) is 0 Å². The molecule has 0 fully saturated rings. The van der Waals surface area contributed by atoms with Gasteiger partial charge in [-0.3, -0.25) is 0 Å². The molecule has 0 spiro atoms. The maximum Gasteiger partial charge on any atom is 0.136 e. The van der Waals surface area contributed by atoms with Crippen LogP contribution in [0, 0.1) is 11.3 Å². The number of nitrogens with zero attached hydrogens (tertiary/aromatic N) is 2. The molecule has 2 aromatic rings. The maximum absolute atomic E-state index is 8.99. The van der Waals surface area contributed by atoms with Crippen LogP contribution >= 0.6 is 0 Å². The van der Waals surface area contributed by atoms with Crippen LogP contribution in [0.4, 0.5) is 0 Å². The molecular formula is C18H20N2O. The first-order chi connectivity index (χ1) is 10.2. The summed E-state index contributed by atoms with van der Waals surface area (Å²) in [5.41, 5.74) is 3.08. The lowest BCUT2D eigenvalue weighted by Crippen LogP contribution is -2.20. The fourth-order valence-corrected chi connectivity index (χ4v) is 2.28. The minimum absolute atomic E-state index is 0.577. The Balaban J connectivity index is 1.93. The smallest absolute Gasteiger partial charge is 0.136 e. The van der Waals surface area contributed by atoms with Crippen LogP contribution in [-0.2, 0) is 13.0 Å². The Morgan fingerprint density at radius 2 is 1.86 bits per heavy atom. The van der Waals surface area contributed by atoms with Crippen molar-refractivity contribution in [3.05, 3.63) is 65.2 Å². The van der Waals surface area contributed by atoms with Gasteiger partial charge in [0, 0.05) is 13.1 Å². The van der Waals surface area contributed by atoms with E-state index in [0.29, 0.717) is 11.3 Å². The highest BCUT2D eigenvalue weighted by Gasteiger charge is 2.06. The van der Waals surface area contributed by atoms with Gasteiger partial charge in [-0.25, -0.2) is 0 Å². The minimum Gasteiger partial charge on any atom is -0.495 e. The molecule has 0 bridgehead atoms. The summed E-state index contributed by atoms with van der Waals surface area (Å²) >= 11 is 0. The van der Waals surface area contributed by atoms with Crippen molar-refractivity contribution in [2.45, 2.75) is 13.0 Å². The summed E-state index contributed by atoms with van der Waals surface area (Å²) in [4.78, 5) is 2.27. The minimum atomic E-state index is 0.577. The van der Waals surface area contributed by atoms with Crippen LogP contribution in [0.5, 0.6) is 5.75 Å². The second-order valence-corrected chi connectivity index (χ2v) is 5.12. The number of ether oxygens (including phenoxy) is 1. The van der Waals surface area contributed by atoms with Gasteiger partial charge in [-0.05, 0) is 36.7 Å². The Bertz CT molecular complexity index is 617. The summed E-state index contributed by atoms with van der Waals surface area (Å²) in [6.45, 7) is 1.83. The lowest BCUT2D eigenvalue weighted by molar-refractivity contribution is 0.330. The van der Waals surface area contributed by atoms with E-state index in [-0.39, 0.29) is 0 Å². The van der Waals surface area contributed by atoms with E-state index in [1.165, 1.54) is 5.56 Å². The fourth-order valence-electron chi connectivity index (χ4n) is 2.28. The van der Waals surface area contributed by atoms with Crippen LogP contribution in [0.25, 0.3) is 0 Å². The molecule has 0 heterocycles. The quantitative estimate of drug-likeness (QED) is 0.815. The van der Waals surface area contributed by atoms with Crippen LogP contribution < -0.4 is 4.74 Å². The number of rotatable bonds is 6. The number of methoxy groups -OCH3 is 1. The lowest BCUT2D eigenvalue weighted by atomic mass is 10.1. The fraction of sp³-hybridized carbons (Fsp3) is 0.278. The largest absolute Gasteiger partial charge is 0.495 e. The van der Waals surface area contributed by atoms with Crippen LogP contribution in [0.3, 0.4) is 0 Å². The standard InChI is InChI=1S/C18H20N2O/c1-20(11-10-15-6-4-3-5-7-15)14-16-8-9-17(13-19)18(12-16)21-2/h3-9,12H,10-11,14H2,1-2H3. The van der Waals surface area contributed by atoms with Gasteiger partial charge in [-0.2, -0.15) is 5.26 Å². The molecule has 0 saturated carbocycles. The highest BCUT2D eigenvalue weighted by Crippen LogP contribution is 2.20. The second kappa shape index (κ2) is 7.47. The molecule has 3 heteroatoms. The van der Waals surface area contributed by atoms with Crippen LogP contribution in [0.2, 0.25) is 0 Å². The van der Waals surface area contributed by atoms with E-state index in [0.717, 1.165) is 25.1 Å². The molecular weight excluding hydrogens is 260 g/mol. The lowest BCUT2D eigenvalue weighted by Gasteiger charge is -2.17. The zero-order valence-corrected chi connectivity index (χ0v) is 12.5. The Morgan fingerprint density at radius 3 is 2.52 bits per heavy atom. The van der Waals surface area contributed by atoms with Gasteiger partial charge in [0.1, 0.15) is 11.8 Å². The van der Waals surface area contributed by atoms with E-state index < -0.39 is 0 Å². The molecule has 21 heavy (non-hydrogen) atoms. The summed E-state index contributed by atoms with van der Waals surface area (Å²) in [6, 6.07) is 18.4. The molecule has 108 valence electrons. The summed E-state index contributed by atoms with van der Waals surface area (Å²) in [6.07, 6.45) is 1.03. The zero-order chi connectivity index (χ0) is 15.1. The SMILES string of the molecule is COc1cc(CN(C)CCc2ccccc2)ccc1C#N. The number of likely N-dealkylation sites (N-methyl/N-ethyl adjacent to an activating group) is 1. The van der Waals surface area contributed by atoms with Gasteiger partial charge in [0.2, 0.25) is 0 Å². The number of benzene rings is 2. The summed E-state index contributed by atoms with van der Waals surface area (Å²) < 4.78 is 5.25. The van der Waals surface area contributed by atoms with Gasteiger partial charge >= 0.3 is 0 Å². The Kier molecular flexibility index (Phi) is 5.36. The molecule has 3 nitrogen and oxygen atoms in total. The van der Waals surface area contributed by atoms with Gasteiger partial charge in [0.05, 0.1) is 12.7 Å². The van der Waals surface area contributed by atoms with Gasteiger partial charge in [-0.15, -0.1) is 0 Å². The Morgan fingerprint density at radius 1 is 1.10 bits per heavy atom. The third kappa shape index (κ3) is 4.34. The topological polar surface area (TPSA) is 36.3 Å². The van der Waals surface area contributed by atoms with Crippen LogP contribution in [0.1, 0.15) is 16.7 Å². The Labute approximate surface area is 126 Å². The summed E-state index contributed by atoms with van der Waals surface area (Å²) in [5.74, 6) is 0.645. The van der Waals surface area contributed by atoms with Gasteiger partial charge in [0.25, 0.3) is 0 Å². The van der Waals surface area contributed by atoms with E-state index in [9.17, 15) is 0 Å². The number of nitriles is 1. The highest BCUT2D eigenvalue weighted by atomic mass is 16.5. The molecule has 0 amide bonds. The second-order valence-electron chi connectivity index (χ2n) is 5.12. The van der Waals surface area contributed by atoms with Crippen molar-refractivity contribution < 1.29 is 4.74 Å². The molecule has 0 aliphatic carbocycles. The molecule has 2 aromatic carbocycles. The van der Waals surface area contributed by atoms with E-state index in [2.05, 4.69) is 42.3 Å². The molecule has 0 unspecified atom stereocenters. The monoisotopic (exact) mass is 280 g/mol. The van der Waals surface area contributed by atoms with Crippen LogP contribution in [-0.4, -0.2) is 25.6 Å². The van der Waals surface area contributed by atoms with Crippen molar-refractivity contribution in [1.82, 2.24) is 4.90 Å². The van der Waals surface area contributed by atoms with Gasteiger partial charge in [-0.1, -0.05) is 36.4 Å². The first-order valence-electron chi connectivity index (χ1n) is 7.02. The third-order valence-corrected chi connectivity index (χ3v) is 3.46. The molecule has 2 rings (SSSR count). The maximum atomic E-state index is 8.99. The van der Waals surface area contributed by atoms with Crippen molar-refractivity contribution >= 4 is 0 Å². The Hall–Kier alpha value is -2.31. The number of hydrogen-bond donors (Lipinski definition) is 0. The van der Waals surface area contributed by atoms with E-state index >= 15 is 0 Å². The van der Waals surface area contributed by atoms with Crippen LogP contribution in [0.15, 0.2) is 48.5 Å². The van der Waals surface area contributed by atoms with Crippen molar-refractivity contribution in [2.24, 2.45) is 0 Å². The molecule has 0 radical (unpaired) electrons. The van der Waals surface area contributed by atoms with Crippen molar-refractivity contribution in [1.29, 1.82) is 5.26 Å². The first kappa shape index (κ1) is 15.1. The highest BCUT2D eigenvalue weighted by molar-refractivity contribution is 5.45. The molecule has 0 saturated heterocycles. The average Bonchev–Trinajstić information content (AvgIpc) is 2.53. The number of hydrogen-bond acceptors (Lipinski definition) is 3. The van der Waals surface area contributed by atoms with Crippen molar-refractivity contribution in [3.8, 4) is 11.8 Å². The molecule has 0 aliphatic rings. The molecule has 0 aromatic heterocycles. The van der Waals surface area contributed by atoms with E-state index in [1.54, 1.807) is 7.11 Å². The van der Waals surface area contributed by atoms with Gasteiger partial charge < -0.3 is 9.64 Å². The third-order valence-electron chi connectivity index (χ3n) is 3.46. The zero-order valence-electron chi connectivity index (χ0n) is 12.5. The summed E-state index contributed by atoms with van der Waals surface area (Å²) in [7, 11) is 3.70. The molecule has 0 aliphatic heterocycles. The molecule has 0 atom stereocenters. The van der Waals surface area contributed by atoms with E-state index in [4.69, 9.17) is 10.00 Å². The predicted molar refractivity (Wildman–Crippen MR) is 84.2 cm³/mol.